The smallest absolute Gasteiger partial charge is 0.338 e. The number of thioether (sulfide) groups is 1. The third kappa shape index (κ3) is 3.58. The summed E-state index contributed by atoms with van der Waals surface area (Å²) in [5.74, 6) is 0.260. The molecule has 7 heteroatoms. The zero-order valence-corrected chi connectivity index (χ0v) is 19.1. The molecule has 0 N–H and O–H groups in total. The van der Waals surface area contributed by atoms with Crippen LogP contribution in [0.25, 0.3) is 16.5 Å². The van der Waals surface area contributed by atoms with Crippen LogP contribution in [0.1, 0.15) is 24.1 Å². The molecular weight excluding hydrogens is 436 g/mol. The summed E-state index contributed by atoms with van der Waals surface area (Å²) in [6.45, 7) is 1.98. The Bertz CT molecular complexity index is 1320. The van der Waals surface area contributed by atoms with E-state index in [4.69, 9.17) is 14.5 Å². The van der Waals surface area contributed by atoms with Crippen molar-refractivity contribution in [1.82, 2.24) is 4.90 Å². The monoisotopic (exact) mass is 458 g/mol. The van der Waals surface area contributed by atoms with Gasteiger partial charge in [-0.05, 0) is 23.8 Å². The van der Waals surface area contributed by atoms with E-state index in [0.29, 0.717) is 22.2 Å². The van der Waals surface area contributed by atoms with Crippen LogP contribution in [-0.4, -0.2) is 41.4 Å². The van der Waals surface area contributed by atoms with Gasteiger partial charge in [-0.1, -0.05) is 72.4 Å². The molecule has 2 aliphatic heterocycles. The maximum atomic E-state index is 13.5. The Balaban J connectivity index is 1.87. The highest BCUT2D eigenvalue weighted by atomic mass is 32.2. The number of carbonyl (C=O) groups excluding carboxylic acids is 2. The lowest BCUT2D eigenvalue weighted by Crippen LogP contribution is -2.40. The molecular formula is C26H22N2O4S. The summed E-state index contributed by atoms with van der Waals surface area (Å²) in [5, 5.41) is 2.47. The van der Waals surface area contributed by atoms with E-state index in [9.17, 15) is 9.59 Å². The highest BCUT2D eigenvalue weighted by Crippen LogP contribution is 2.48. The summed E-state index contributed by atoms with van der Waals surface area (Å²) >= 11 is 1.38. The first-order valence-corrected chi connectivity index (χ1v) is 11.7. The number of hydrogen-bond donors (Lipinski definition) is 0. The van der Waals surface area contributed by atoms with Gasteiger partial charge in [-0.2, -0.15) is 0 Å². The van der Waals surface area contributed by atoms with Crippen molar-refractivity contribution in [2.75, 3.05) is 19.5 Å². The van der Waals surface area contributed by atoms with Crippen molar-refractivity contribution >= 4 is 45.3 Å². The highest BCUT2D eigenvalue weighted by molar-refractivity contribution is 8.15. The quantitative estimate of drug-likeness (QED) is 0.514. The molecule has 3 aromatic rings. The van der Waals surface area contributed by atoms with Crippen molar-refractivity contribution in [3.8, 4) is 5.75 Å². The van der Waals surface area contributed by atoms with Crippen LogP contribution in [0.15, 0.2) is 77.3 Å². The zero-order valence-electron chi connectivity index (χ0n) is 18.3. The number of hydrogen-bond acceptors (Lipinski definition) is 6. The van der Waals surface area contributed by atoms with Crippen LogP contribution in [0.3, 0.4) is 0 Å². The van der Waals surface area contributed by atoms with E-state index in [2.05, 4.69) is 0 Å². The Labute approximate surface area is 195 Å². The Morgan fingerprint density at radius 2 is 1.85 bits per heavy atom. The second-order valence-electron chi connectivity index (χ2n) is 7.60. The van der Waals surface area contributed by atoms with Crippen molar-refractivity contribution in [3.63, 3.8) is 0 Å². The highest BCUT2D eigenvalue weighted by Gasteiger charge is 2.46. The Morgan fingerprint density at radius 1 is 1.09 bits per heavy atom. The third-order valence-corrected chi connectivity index (χ3v) is 6.70. The van der Waals surface area contributed by atoms with E-state index in [-0.39, 0.29) is 18.3 Å². The van der Waals surface area contributed by atoms with Gasteiger partial charge in [0.15, 0.2) is 5.17 Å². The molecule has 1 fully saturated rings. The molecule has 1 unspecified atom stereocenters. The molecule has 0 aromatic heterocycles. The molecule has 166 valence electrons. The largest absolute Gasteiger partial charge is 0.496 e. The maximum absolute atomic E-state index is 13.5. The summed E-state index contributed by atoms with van der Waals surface area (Å²) in [6.07, 6.45) is 0. The lowest BCUT2D eigenvalue weighted by molar-refractivity contribution is -0.139. The predicted octanol–water partition coefficient (Wildman–Crippen LogP) is 4.81. The number of fused-ring (bicyclic) bond motifs is 2. The number of esters is 1. The Kier molecular flexibility index (Phi) is 5.64. The van der Waals surface area contributed by atoms with E-state index in [1.54, 1.807) is 18.9 Å². The summed E-state index contributed by atoms with van der Waals surface area (Å²) < 4.78 is 11.3. The number of rotatable bonds is 5. The first-order valence-electron chi connectivity index (χ1n) is 10.7. The van der Waals surface area contributed by atoms with Gasteiger partial charge >= 0.3 is 5.97 Å². The van der Waals surface area contributed by atoms with Crippen LogP contribution in [0, 0.1) is 0 Å². The van der Waals surface area contributed by atoms with Crippen LogP contribution in [0.2, 0.25) is 0 Å². The van der Waals surface area contributed by atoms with Gasteiger partial charge in [0.1, 0.15) is 11.8 Å². The molecule has 6 nitrogen and oxygen atoms in total. The fourth-order valence-corrected chi connectivity index (χ4v) is 5.26. The van der Waals surface area contributed by atoms with Crippen molar-refractivity contribution in [1.29, 1.82) is 0 Å². The van der Waals surface area contributed by atoms with Crippen molar-refractivity contribution in [3.05, 3.63) is 83.4 Å². The molecule has 3 aromatic carbocycles. The standard InChI is InChI=1S/C26H22N2O4S/c1-3-32-25(30)22-23(17-10-5-4-6-11-17)27-26-28(20(29)15-33-26)24(22)21-18-12-8-7-9-16(18)13-14-19(21)31-2/h4-14,24H,3,15H2,1-2H3. The molecule has 1 amide bonds. The number of nitrogens with zero attached hydrogens (tertiary/aromatic N) is 2. The minimum Gasteiger partial charge on any atom is -0.496 e. The average Bonchev–Trinajstić information content (AvgIpc) is 3.23. The first kappa shape index (κ1) is 21.3. The summed E-state index contributed by atoms with van der Waals surface area (Å²) in [6, 6.07) is 20.5. The normalized spacial score (nSPS) is 17.8. The predicted molar refractivity (Wildman–Crippen MR) is 130 cm³/mol. The number of carbonyl (C=O) groups is 2. The fourth-order valence-electron chi connectivity index (χ4n) is 4.37. The van der Waals surface area contributed by atoms with Crippen LogP contribution in [0.4, 0.5) is 0 Å². The van der Waals surface area contributed by atoms with Crippen LogP contribution in [-0.2, 0) is 14.3 Å². The maximum Gasteiger partial charge on any atom is 0.338 e. The first-order chi connectivity index (χ1) is 16.1. The minimum atomic E-state index is -0.727. The second kappa shape index (κ2) is 8.75. The van der Waals surface area contributed by atoms with Gasteiger partial charge in [-0.15, -0.1) is 0 Å². The Morgan fingerprint density at radius 3 is 2.61 bits per heavy atom. The molecule has 0 spiro atoms. The summed E-state index contributed by atoms with van der Waals surface area (Å²) in [7, 11) is 1.60. The van der Waals surface area contributed by atoms with Gasteiger partial charge < -0.3 is 9.47 Å². The van der Waals surface area contributed by atoms with E-state index in [0.717, 1.165) is 21.9 Å². The van der Waals surface area contributed by atoms with Gasteiger partial charge in [0.2, 0.25) is 5.91 Å². The van der Waals surface area contributed by atoms with Gasteiger partial charge in [0, 0.05) is 11.1 Å². The van der Waals surface area contributed by atoms with Gasteiger partial charge in [0.25, 0.3) is 0 Å². The van der Waals surface area contributed by atoms with Gasteiger partial charge in [-0.25, -0.2) is 9.79 Å². The molecule has 5 rings (SSSR count). The number of methoxy groups -OCH3 is 1. The minimum absolute atomic E-state index is 0.104. The SMILES string of the molecule is CCOC(=O)C1=C(c2ccccc2)N=C2SCC(=O)N2C1c1c(OC)ccc2ccccc12. The second-order valence-corrected chi connectivity index (χ2v) is 8.54. The molecule has 0 radical (unpaired) electrons. The lowest BCUT2D eigenvalue weighted by atomic mass is 9.88. The van der Waals surface area contributed by atoms with E-state index >= 15 is 0 Å². The number of benzene rings is 3. The summed E-state index contributed by atoms with van der Waals surface area (Å²) in [4.78, 5) is 33.0. The number of amides is 1. The lowest BCUT2D eigenvalue weighted by Gasteiger charge is -2.34. The third-order valence-electron chi connectivity index (χ3n) is 5.76. The molecule has 0 bridgehead atoms. The molecule has 1 atom stereocenters. The number of amidine groups is 1. The van der Waals surface area contributed by atoms with Crippen LogP contribution in [0.5, 0.6) is 5.75 Å². The van der Waals surface area contributed by atoms with Gasteiger partial charge in [0.05, 0.1) is 30.7 Å². The van der Waals surface area contributed by atoms with Crippen LogP contribution < -0.4 is 4.74 Å². The zero-order chi connectivity index (χ0) is 22.9. The molecule has 2 heterocycles. The topological polar surface area (TPSA) is 68.2 Å². The van der Waals surface area contributed by atoms with E-state index in [1.165, 1.54) is 11.8 Å². The number of aliphatic imine (C=N–C) groups is 1. The average molecular weight is 459 g/mol. The molecule has 1 saturated heterocycles. The molecule has 0 aliphatic carbocycles. The van der Waals surface area contributed by atoms with E-state index in [1.807, 2.05) is 66.7 Å². The van der Waals surface area contributed by atoms with Crippen molar-refractivity contribution in [2.24, 2.45) is 4.99 Å². The molecule has 33 heavy (non-hydrogen) atoms. The van der Waals surface area contributed by atoms with Gasteiger partial charge in [-0.3, -0.25) is 9.69 Å². The fraction of sp³-hybridized carbons (Fsp3) is 0.192. The number of ether oxygens (including phenoxy) is 2. The Hall–Kier alpha value is -3.58. The van der Waals surface area contributed by atoms with E-state index < -0.39 is 12.0 Å². The summed E-state index contributed by atoms with van der Waals surface area (Å²) in [5.41, 5.74) is 2.38. The van der Waals surface area contributed by atoms with Crippen molar-refractivity contribution in [2.45, 2.75) is 13.0 Å². The molecule has 2 aliphatic rings. The van der Waals surface area contributed by atoms with Crippen LogP contribution >= 0.6 is 11.8 Å². The van der Waals surface area contributed by atoms with Crippen molar-refractivity contribution < 1.29 is 19.1 Å². The molecule has 0 saturated carbocycles.